The van der Waals surface area contributed by atoms with Crippen LogP contribution in [0.3, 0.4) is 0 Å². The molecule has 7 heteroatoms. The van der Waals surface area contributed by atoms with E-state index in [0.717, 1.165) is 0 Å². The van der Waals surface area contributed by atoms with Crippen molar-refractivity contribution in [3.05, 3.63) is 20.4 Å². The Morgan fingerprint density at radius 1 is 0.818 bits per heavy atom. The Kier molecular flexibility index (Phi) is 7.61. The van der Waals surface area contributed by atoms with Gasteiger partial charge in [-0.15, -0.1) is 0 Å². The first kappa shape index (κ1) is 16.7. The molecule has 0 amide bonds. The zero-order valence-electron chi connectivity index (χ0n) is 5.36. The van der Waals surface area contributed by atoms with E-state index in [1.807, 2.05) is 0 Å². The summed E-state index contributed by atoms with van der Waals surface area (Å²) in [6.07, 6.45) is 0. The van der Waals surface area contributed by atoms with Crippen molar-refractivity contribution >= 4 is 0 Å². The Hall–Kier alpha value is -0.712. The second-order valence-corrected chi connectivity index (χ2v) is 1.32. The van der Waals surface area contributed by atoms with Gasteiger partial charge in [-0.3, -0.25) is 9.59 Å². The van der Waals surface area contributed by atoms with Gasteiger partial charge in [0.25, 0.3) is 0 Å². The molecule has 0 aromatic heterocycles. The second-order valence-electron chi connectivity index (χ2n) is 1.32. The minimum atomic E-state index is -1.19. The third kappa shape index (κ3) is 2.11. The molecule has 1 rings (SSSR count). The van der Waals surface area contributed by atoms with E-state index < -0.39 is 22.4 Å². The Morgan fingerprint density at radius 3 is 1.09 bits per heavy atom. The van der Waals surface area contributed by atoms with Gasteiger partial charge in [0.2, 0.25) is 10.9 Å². The van der Waals surface area contributed by atoms with E-state index in [1.165, 1.54) is 0 Å². The van der Waals surface area contributed by atoms with Gasteiger partial charge in [0.05, 0.1) is 0 Å². The summed E-state index contributed by atoms with van der Waals surface area (Å²) >= 11 is 0. The van der Waals surface area contributed by atoms with E-state index >= 15 is 0 Å². The van der Waals surface area contributed by atoms with Gasteiger partial charge in [-0.2, -0.15) is 0 Å². The molecule has 0 spiro atoms. The Labute approximate surface area is 76.0 Å². The monoisotopic (exact) mass is 341 g/mol. The van der Waals surface area contributed by atoms with Crippen LogP contribution < -0.4 is 33.4 Å². The van der Waals surface area contributed by atoms with E-state index in [2.05, 4.69) is 0 Å². The Balaban J connectivity index is -0.000000213. The SMILES string of the molecule is N.N.O=c1c([O-])c([O-])c1=O.[Pt+2]. The summed E-state index contributed by atoms with van der Waals surface area (Å²) in [4.78, 5) is 19.7. The smallest absolute Gasteiger partial charge is 0.870 e. The zero-order valence-corrected chi connectivity index (χ0v) is 7.64. The molecule has 0 aliphatic carbocycles. The van der Waals surface area contributed by atoms with Crippen LogP contribution in [0.5, 0.6) is 11.5 Å². The van der Waals surface area contributed by atoms with E-state index in [0.29, 0.717) is 0 Å². The maximum atomic E-state index is 9.85. The van der Waals surface area contributed by atoms with Crippen LogP contribution in [0, 0.1) is 0 Å². The van der Waals surface area contributed by atoms with E-state index in [4.69, 9.17) is 0 Å². The quantitative estimate of drug-likeness (QED) is 0.509. The molecule has 1 aromatic rings. The molecule has 0 bridgehead atoms. The predicted octanol–water partition coefficient (Wildman–Crippen LogP) is -2.25. The van der Waals surface area contributed by atoms with Gasteiger partial charge in [-0.1, -0.05) is 11.5 Å². The molecule has 11 heavy (non-hydrogen) atoms. The van der Waals surface area contributed by atoms with Gasteiger partial charge in [-0.25, -0.2) is 0 Å². The van der Waals surface area contributed by atoms with E-state index in [9.17, 15) is 19.8 Å². The molecule has 66 valence electrons. The van der Waals surface area contributed by atoms with Crippen LogP contribution >= 0.6 is 0 Å². The van der Waals surface area contributed by atoms with Crippen molar-refractivity contribution in [2.24, 2.45) is 0 Å². The standard InChI is InChI=1S/C4H2O4.2H3N.Pt/c5-1-2(6)4(8)3(1)7;;;/h5-6H;2*1H3;/q;;;+2/p-2. The predicted molar refractivity (Wildman–Crippen MR) is 30.3 cm³/mol. The molecular formula is C4H6N2O4Pt. The van der Waals surface area contributed by atoms with Crippen molar-refractivity contribution in [2.75, 3.05) is 0 Å². The molecule has 0 aliphatic heterocycles. The van der Waals surface area contributed by atoms with Gasteiger partial charge in [0.15, 0.2) is 0 Å². The summed E-state index contributed by atoms with van der Waals surface area (Å²) in [6, 6.07) is 0. The maximum Gasteiger partial charge on any atom is 2.00 e. The summed E-state index contributed by atoms with van der Waals surface area (Å²) in [6.45, 7) is 0. The topological polar surface area (TPSA) is 150 Å². The zero-order chi connectivity index (χ0) is 6.31. The molecule has 0 saturated carbocycles. The number of hydrogen-bond acceptors (Lipinski definition) is 6. The van der Waals surface area contributed by atoms with Gasteiger partial charge < -0.3 is 22.5 Å². The third-order valence-corrected chi connectivity index (χ3v) is 0.825. The summed E-state index contributed by atoms with van der Waals surface area (Å²) in [7, 11) is 0. The molecule has 6 N–H and O–H groups in total. The molecule has 0 atom stereocenters. The van der Waals surface area contributed by atoms with E-state index in [1.54, 1.807) is 0 Å². The number of rotatable bonds is 0. The first-order valence-electron chi connectivity index (χ1n) is 1.82. The third-order valence-electron chi connectivity index (χ3n) is 0.825. The Bertz CT molecular complexity index is 260. The van der Waals surface area contributed by atoms with Gasteiger partial charge >= 0.3 is 21.1 Å². The van der Waals surface area contributed by atoms with Crippen molar-refractivity contribution in [1.29, 1.82) is 0 Å². The largest absolute Gasteiger partial charge is 2.00 e. The molecule has 0 fully saturated rings. The van der Waals surface area contributed by atoms with Crippen molar-refractivity contribution in [3.8, 4) is 11.5 Å². The molecule has 0 unspecified atom stereocenters. The number of hydrogen-bond donors (Lipinski definition) is 2. The first-order chi connectivity index (χ1) is 3.64. The van der Waals surface area contributed by atoms with Gasteiger partial charge in [0.1, 0.15) is 0 Å². The normalized spacial score (nSPS) is 7.27. The van der Waals surface area contributed by atoms with Crippen molar-refractivity contribution < 1.29 is 31.3 Å². The van der Waals surface area contributed by atoms with Crippen LogP contribution in [-0.2, 0) is 21.1 Å². The van der Waals surface area contributed by atoms with Crippen molar-refractivity contribution in [1.82, 2.24) is 12.3 Å². The molecule has 6 nitrogen and oxygen atoms in total. The fourth-order valence-corrected chi connectivity index (χ4v) is 0.350. The van der Waals surface area contributed by atoms with Gasteiger partial charge in [-0.05, 0) is 0 Å². The molecule has 0 aliphatic rings. The van der Waals surface area contributed by atoms with Crippen LogP contribution in [-0.4, -0.2) is 0 Å². The van der Waals surface area contributed by atoms with Crippen molar-refractivity contribution in [2.45, 2.75) is 0 Å². The molecular weight excluding hydrogens is 335 g/mol. The van der Waals surface area contributed by atoms with Crippen LogP contribution in [0.15, 0.2) is 9.59 Å². The maximum absolute atomic E-state index is 9.85. The van der Waals surface area contributed by atoms with Gasteiger partial charge in [0, 0.05) is 0 Å². The first-order valence-corrected chi connectivity index (χ1v) is 1.82. The summed E-state index contributed by atoms with van der Waals surface area (Å²) in [5.74, 6) is -2.37. The Morgan fingerprint density at radius 2 is 1.00 bits per heavy atom. The van der Waals surface area contributed by atoms with Crippen LogP contribution in [0.4, 0.5) is 0 Å². The fraction of sp³-hybridized carbons (Fsp3) is 0. The van der Waals surface area contributed by atoms with Crippen molar-refractivity contribution in [3.63, 3.8) is 0 Å². The second kappa shape index (κ2) is 5.01. The average molecular weight is 341 g/mol. The molecule has 0 heterocycles. The molecule has 0 saturated heterocycles. The summed E-state index contributed by atoms with van der Waals surface area (Å²) < 4.78 is 0. The fourth-order valence-electron chi connectivity index (χ4n) is 0.350. The van der Waals surface area contributed by atoms with Crippen LogP contribution in [0.2, 0.25) is 0 Å². The minimum absolute atomic E-state index is 0. The summed E-state index contributed by atoms with van der Waals surface area (Å²) in [5, 5.41) is 19.7. The van der Waals surface area contributed by atoms with Crippen LogP contribution in [0.25, 0.3) is 0 Å². The summed E-state index contributed by atoms with van der Waals surface area (Å²) in [5.41, 5.74) is -2.37. The minimum Gasteiger partial charge on any atom is -0.870 e. The van der Waals surface area contributed by atoms with Crippen LogP contribution in [0.1, 0.15) is 0 Å². The molecule has 0 radical (unpaired) electrons. The molecule has 1 aromatic carbocycles. The average Bonchev–Trinajstić information content (AvgIpc) is 1.83. The van der Waals surface area contributed by atoms with E-state index in [-0.39, 0.29) is 33.4 Å².